The van der Waals surface area contributed by atoms with Gasteiger partial charge in [-0.3, -0.25) is 14.3 Å². The zero-order valence-corrected chi connectivity index (χ0v) is 14.6. The quantitative estimate of drug-likeness (QED) is 0.758. The van der Waals surface area contributed by atoms with Crippen LogP contribution in [0.25, 0.3) is 0 Å². The van der Waals surface area contributed by atoms with Crippen LogP contribution in [-0.4, -0.2) is 21.6 Å². The molecule has 0 saturated heterocycles. The number of pyridine rings is 2. The van der Waals surface area contributed by atoms with E-state index in [4.69, 9.17) is 4.74 Å². The first-order valence-electron chi connectivity index (χ1n) is 8.27. The van der Waals surface area contributed by atoms with Crippen LogP contribution in [0.4, 0.5) is 5.82 Å². The minimum Gasteiger partial charge on any atom is -0.489 e. The van der Waals surface area contributed by atoms with E-state index in [2.05, 4.69) is 25.3 Å². The lowest BCUT2D eigenvalue weighted by atomic mass is 10.1. The van der Waals surface area contributed by atoms with Crippen LogP contribution < -0.4 is 9.04 Å². The van der Waals surface area contributed by atoms with E-state index in [1.807, 2.05) is 43.8 Å². The largest absolute Gasteiger partial charge is 0.489 e. The second-order valence-electron chi connectivity index (χ2n) is 6.34. The number of ether oxygens (including phenoxy) is 1. The van der Waals surface area contributed by atoms with Gasteiger partial charge in [0.1, 0.15) is 11.6 Å². The van der Waals surface area contributed by atoms with Gasteiger partial charge in [0.15, 0.2) is 6.17 Å². The number of aromatic nitrogens is 2. The Morgan fingerprint density at radius 1 is 1.21 bits per heavy atom. The van der Waals surface area contributed by atoms with E-state index >= 15 is 0 Å². The highest BCUT2D eigenvalue weighted by Crippen LogP contribution is 2.47. The fraction of sp³-hybridized carbons (Fsp3) is 0.389. The van der Waals surface area contributed by atoms with E-state index < -0.39 is 0 Å². The molecule has 6 heteroatoms. The molecule has 24 heavy (non-hydrogen) atoms. The summed E-state index contributed by atoms with van der Waals surface area (Å²) in [6.07, 6.45) is 6.13. The van der Waals surface area contributed by atoms with Gasteiger partial charge < -0.3 is 4.74 Å². The molecule has 0 radical (unpaired) electrons. The first kappa shape index (κ1) is 15.4. The van der Waals surface area contributed by atoms with Crippen LogP contribution in [0.1, 0.15) is 50.0 Å². The summed E-state index contributed by atoms with van der Waals surface area (Å²) in [6, 6.07) is 8.14. The summed E-state index contributed by atoms with van der Waals surface area (Å²) in [5.41, 5.74) is 4.09. The Morgan fingerprint density at radius 3 is 2.79 bits per heavy atom. The van der Waals surface area contributed by atoms with Crippen molar-refractivity contribution in [3.63, 3.8) is 0 Å². The first-order chi connectivity index (χ1) is 11.7. The Morgan fingerprint density at radius 2 is 2.08 bits per heavy atom. The lowest BCUT2D eigenvalue weighted by molar-refractivity contribution is 0.241. The molecule has 0 spiro atoms. The fourth-order valence-corrected chi connectivity index (χ4v) is 3.61. The van der Waals surface area contributed by atoms with Crippen LogP contribution in [0.3, 0.4) is 0 Å². The summed E-state index contributed by atoms with van der Waals surface area (Å²) in [5.74, 6) is 2.44. The summed E-state index contributed by atoms with van der Waals surface area (Å²) >= 11 is 1.58. The van der Waals surface area contributed by atoms with Gasteiger partial charge in [0, 0.05) is 18.1 Å². The molecule has 124 valence electrons. The Labute approximate surface area is 146 Å². The Bertz CT molecular complexity index is 743. The number of hydrogen-bond acceptors (Lipinski definition) is 6. The normalized spacial score (nSPS) is 20.0. The van der Waals surface area contributed by atoms with E-state index in [0.29, 0.717) is 5.92 Å². The van der Waals surface area contributed by atoms with Crippen molar-refractivity contribution in [1.82, 2.24) is 9.97 Å². The van der Waals surface area contributed by atoms with Crippen molar-refractivity contribution in [3.05, 3.63) is 47.9 Å². The highest BCUT2D eigenvalue weighted by atomic mass is 32.2. The van der Waals surface area contributed by atoms with Crippen molar-refractivity contribution < 1.29 is 4.74 Å². The maximum absolute atomic E-state index is 5.67. The number of anilines is 1. The topological polar surface area (TPSA) is 50.6 Å². The molecule has 1 atom stereocenters. The highest BCUT2D eigenvalue weighted by Gasteiger charge is 2.33. The van der Waals surface area contributed by atoms with Crippen LogP contribution in [-0.2, 0) is 0 Å². The zero-order chi connectivity index (χ0) is 16.5. The van der Waals surface area contributed by atoms with Crippen LogP contribution in [0, 0.1) is 0 Å². The molecule has 3 heterocycles. The van der Waals surface area contributed by atoms with Crippen molar-refractivity contribution in [3.8, 4) is 5.75 Å². The molecule has 1 aliphatic heterocycles. The number of aliphatic imine (C=N–C) groups is 1. The maximum Gasteiger partial charge on any atom is 0.175 e. The van der Waals surface area contributed by atoms with E-state index in [1.54, 1.807) is 18.1 Å². The Hall–Kier alpha value is -2.08. The van der Waals surface area contributed by atoms with E-state index in [1.165, 1.54) is 18.4 Å². The molecular formula is C18H20N4OS. The van der Waals surface area contributed by atoms with Crippen molar-refractivity contribution in [2.45, 2.75) is 44.9 Å². The van der Waals surface area contributed by atoms with Crippen molar-refractivity contribution in [2.75, 3.05) is 4.31 Å². The monoisotopic (exact) mass is 340 g/mol. The van der Waals surface area contributed by atoms with Gasteiger partial charge in [-0.1, -0.05) is 6.07 Å². The molecule has 2 aromatic rings. The minimum atomic E-state index is -0.143. The SMILES string of the molecule is CC(C)Oc1ccc(C2N=CSN2c2ncccc2C2CC2)nc1. The molecule has 1 unspecified atom stereocenters. The van der Waals surface area contributed by atoms with Gasteiger partial charge in [-0.15, -0.1) is 0 Å². The molecule has 2 aliphatic rings. The number of rotatable bonds is 5. The lowest BCUT2D eigenvalue weighted by Crippen LogP contribution is -2.19. The lowest BCUT2D eigenvalue weighted by Gasteiger charge is -2.24. The Balaban J connectivity index is 1.60. The molecule has 0 aromatic carbocycles. The van der Waals surface area contributed by atoms with Gasteiger partial charge >= 0.3 is 0 Å². The maximum atomic E-state index is 5.67. The van der Waals surface area contributed by atoms with Gasteiger partial charge in [0.2, 0.25) is 0 Å². The second kappa shape index (κ2) is 6.43. The van der Waals surface area contributed by atoms with Crippen LogP contribution in [0.2, 0.25) is 0 Å². The molecule has 2 aromatic heterocycles. The van der Waals surface area contributed by atoms with Crippen LogP contribution in [0.15, 0.2) is 41.7 Å². The summed E-state index contributed by atoms with van der Waals surface area (Å²) in [5, 5.41) is 0. The summed E-state index contributed by atoms with van der Waals surface area (Å²) in [6.45, 7) is 4.02. The van der Waals surface area contributed by atoms with Crippen molar-refractivity contribution in [1.29, 1.82) is 0 Å². The molecule has 5 nitrogen and oxygen atoms in total. The molecular weight excluding hydrogens is 320 g/mol. The number of hydrogen-bond donors (Lipinski definition) is 0. The fourth-order valence-electron chi connectivity index (χ4n) is 2.81. The summed E-state index contributed by atoms with van der Waals surface area (Å²) < 4.78 is 7.82. The van der Waals surface area contributed by atoms with Gasteiger partial charge in [0.05, 0.1) is 23.5 Å². The second-order valence-corrected chi connectivity index (χ2v) is 7.15. The molecule has 1 fully saturated rings. The average Bonchev–Trinajstić information content (AvgIpc) is 3.32. The van der Waals surface area contributed by atoms with Crippen molar-refractivity contribution >= 4 is 23.3 Å². The molecule has 1 saturated carbocycles. The standard InChI is InChI=1S/C18H20N4OS/c1-12(2)23-14-7-8-16(20-10-14)18-21-11-24-22(18)17-15(13-5-6-13)4-3-9-19-17/h3-4,7-13,18H,5-6H2,1-2H3. The summed E-state index contributed by atoms with van der Waals surface area (Å²) in [7, 11) is 0. The zero-order valence-electron chi connectivity index (χ0n) is 13.8. The molecule has 0 bridgehead atoms. The summed E-state index contributed by atoms with van der Waals surface area (Å²) in [4.78, 5) is 13.8. The third kappa shape index (κ3) is 3.11. The predicted octanol–water partition coefficient (Wildman–Crippen LogP) is 4.34. The molecule has 4 rings (SSSR count). The smallest absolute Gasteiger partial charge is 0.175 e. The van der Waals surface area contributed by atoms with Gasteiger partial charge in [-0.05, 0) is 56.4 Å². The van der Waals surface area contributed by atoms with Crippen LogP contribution in [0.5, 0.6) is 5.75 Å². The van der Waals surface area contributed by atoms with Gasteiger partial charge in [-0.25, -0.2) is 4.98 Å². The molecule has 0 amide bonds. The van der Waals surface area contributed by atoms with E-state index in [9.17, 15) is 0 Å². The van der Waals surface area contributed by atoms with Gasteiger partial charge in [0.25, 0.3) is 0 Å². The van der Waals surface area contributed by atoms with Crippen LogP contribution >= 0.6 is 11.9 Å². The predicted molar refractivity (Wildman–Crippen MR) is 97.5 cm³/mol. The average molecular weight is 340 g/mol. The third-order valence-electron chi connectivity index (χ3n) is 4.02. The third-order valence-corrected chi connectivity index (χ3v) is 4.84. The van der Waals surface area contributed by atoms with E-state index in [-0.39, 0.29) is 12.3 Å². The molecule has 0 N–H and O–H groups in total. The van der Waals surface area contributed by atoms with Crippen molar-refractivity contribution in [2.24, 2.45) is 4.99 Å². The highest BCUT2D eigenvalue weighted by molar-refractivity contribution is 8.13. The number of nitrogens with zero attached hydrogens (tertiary/aromatic N) is 4. The minimum absolute atomic E-state index is 0.142. The Kier molecular flexibility index (Phi) is 4.14. The van der Waals surface area contributed by atoms with Gasteiger partial charge in [-0.2, -0.15) is 0 Å². The first-order valence-corrected chi connectivity index (χ1v) is 9.11. The molecule has 1 aliphatic carbocycles. The van der Waals surface area contributed by atoms with E-state index in [0.717, 1.165) is 17.3 Å².